The van der Waals surface area contributed by atoms with Gasteiger partial charge in [0, 0.05) is 47.6 Å². The summed E-state index contributed by atoms with van der Waals surface area (Å²) in [6, 6.07) is 19.7. The van der Waals surface area contributed by atoms with Gasteiger partial charge in [0.1, 0.15) is 6.04 Å². The molecule has 1 atom stereocenters. The van der Waals surface area contributed by atoms with Crippen LogP contribution in [0.1, 0.15) is 60.8 Å². The van der Waals surface area contributed by atoms with Crippen molar-refractivity contribution in [2.75, 3.05) is 17.1 Å². The molecule has 1 saturated carbocycles. The van der Waals surface area contributed by atoms with Gasteiger partial charge in [-0.1, -0.05) is 84.6 Å². The summed E-state index contributed by atoms with van der Waals surface area (Å²) in [4.78, 5) is 29.6. The number of carbonyl (C=O) groups excluding carboxylic acids is 2. The molecule has 10 heteroatoms. The lowest BCUT2D eigenvalue weighted by Gasteiger charge is -2.33. The van der Waals surface area contributed by atoms with Gasteiger partial charge >= 0.3 is 0 Å². The standard InChI is InChI=1S/C34H41Cl2N3O4S/c1-24-18-19-25(2)31(21-24)39(44(3,42)43)20-10-17-33(40)38(23-28-29(35)15-9-16-30(28)36)32(22-26-11-5-4-6-12-26)34(41)37-27-13-7-8-14-27/h4-6,9,11-12,15-16,18-19,21,27,32H,7-8,10,13-14,17,20,22-23H2,1-3H3,(H,37,41)/t32-/m1/s1. The molecule has 0 saturated heterocycles. The number of benzene rings is 3. The molecule has 44 heavy (non-hydrogen) atoms. The third kappa shape index (κ3) is 8.99. The molecule has 1 aliphatic rings. The van der Waals surface area contributed by atoms with Crippen LogP contribution in [0.2, 0.25) is 10.0 Å². The summed E-state index contributed by atoms with van der Waals surface area (Å²) in [5.74, 6) is -0.497. The summed E-state index contributed by atoms with van der Waals surface area (Å²) in [6.07, 6.45) is 5.71. The van der Waals surface area contributed by atoms with Gasteiger partial charge in [0.05, 0.1) is 11.9 Å². The van der Waals surface area contributed by atoms with E-state index in [1.165, 1.54) is 10.6 Å². The zero-order valence-electron chi connectivity index (χ0n) is 25.6. The second-order valence-corrected chi connectivity index (χ2v) is 14.4. The van der Waals surface area contributed by atoms with Crippen molar-refractivity contribution < 1.29 is 18.0 Å². The van der Waals surface area contributed by atoms with Gasteiger partial charge in [-0.05, 0) is 68.0 Å². The molecule has 2 amide bonds. The van der Waals surface area contributed by atoms with E-state index in [9.17, 15) is 18.0 Å². The third-order valence-electron chi connectivity index (χ3n) is 8.15. The number of aryl methyl sites for hydroxylation is 2. The number of nitrogens with one attached hydrogen (secondary N) is 1. The van der Waals surface area contributed by atoms with Gasteiger partial charge in [0.25, 0.3) is 0 Å². The summed E-state index contributed by atoms with van der Waals surface area (Å²) in [5, 5.41) is 4.00. The maximum Gasteiger partial charge on any atom is 0.243 e. The van der Waals surface area contributed by atoms with Gasteiger partial charge in [-0.2, -0.15) is 0 Å². The Labute approximate surface area is 271 Å². The van der Waals surface area contributed by atoms with Gasteiger partial charge in [-0.15, -0.1) is 0 Å². The molecular weight excluding hydrogens is 617 g/mol. The summed E-state index contributed by atoms with van der Waals surface area (Å²) >= 11 is 13.1. The van der Waals surface area contributed by atoms with E-state index in [-0.39, 0.29) is 43.8 Å². The van der Waals surface area contributed by atoms with Gasteiger partial charge in [0.15, 0.2) is 0 Å². The first kappa shape index (κ1) is 33.8. The minimum absolute atomic E-state index is 0.0287. The Bertz CT molecular complexity index is 1540. The van der Waals surface area contributed by atoms with E-state index in [0.29, 0.717) is 27.7 Å². The lowest BCUT2D eigenvalue weighted by atomic mass is 10.0. The van der Waals surface area contributed by atoms with Gasteiger partial charge < -0.3 is 10.2 Å². The number of anilines is 1. The fourth-order valence-electron chi connectivity index (χ4n) is 5.75. The summed E-state index contributed by atoms with van der Waals surface area (Å²) in [7, 11) is -3.61. The van der Waals surface area contributed by atoms with Crippen molar-refractivity contribution in [3.05, 3.63) is 99.0 Å². The van der Waals surface area contributed by atoms with Crippen molar-refractivity contribution in [2.24, 2.45) is 0 Å². The zero-order valence-corrected chi connectivity index (χ0v) is 27.9. The first-order chi connectivity index (χ1) is 20.9. The predicted molar refractivity (Wildman–Crippen MR) is 179 cm³/mol. The Balaban J connectivity index is 1.63. The summed E-state index contributed by atoms with van der Waals surface area (Å²) in [6.45, 7) is 3.94. The number of hydrogen-bond acceptors (Lipinski definition) is 4. The smallest absolute Gasteiger partial charge is 0.243 e. The fourth-order valence-corrected chi connectivity index (χ4v) is 7.28. The maximum atomic E-state index is 14.1. The molecule has 1 N–H and O–H groups in total. The van der Waals surface area contributed by atoms with E-state index in [4.69, 9.17) is 23.2 Å². The van der Waals surface area contributed by atoms with Crippen LogP contribution in [-0.2, 0) is 32.6 Å². The first-order valence-electron chi connectivity index (χ1n) is 15.1. The largest absolute Gasteiger partial charge is 0.352 e. The minimum atomic E-state index is -3.61. The molecule has 0 unspecified atom stereocenters. The van der Waals surface area contributed by atoms with Crippen LogP contribution in [0, 0.1) is 13.8 Å². The number of hydrogen-bond donors (Lipinski definition) is 1. The van der Waals surface area contributed by atoms with E-state index < -0.39 is 16.1 Å². The van der Waals surface area contributed by atoms with Crippen molar-refractivity contribution in [2.45, 2.75) is 77.4 Å². The lowest BCUT2D eigenvalue weighted by molar-refractivity contribution is -0.141. The molecule has 0 aliphatic heterocycles. The third-order valence-corrected chi connectivity index (χ3v) is 10.0. The maximum absolute atomic E-state index is 14.1. The Hall–Kier alpha value is -3.07. The van der Waals surface area contributed by atoms with Crippen LogP contribution in [0.15, 0.2) is 66.7 Å². The van der Waals surface area contributed by atoms with Crippen LogP contribution < -0.4 is 9.62 Å². The van der Waals surface area contributed by atoms with E-state index >= 15 is 0 Å². The molecule has 3 aromatic rings. The van der Waals surface area contributed by atoms with Crippen LogP contribution in [0.4, 0.5) is 5.69 Å². The Morgan fingerprint density at radius 2 is 1.61 bits per heavy atom. The Morgan fingerprint density at radius 1 is 0.955 bits per heavy atom. The molecule has 236 valence electrons. The SMILES string of the molecule is Cc1ccc(C)c(N(CCCC(=O)N(Cc2c(Cl)cccc2Cl)[C@H](Cc2ccccc2)C(=O)NC2CCCC2)S(C)(=O)=O)c1. The number of sulfonamides is 1. The molecule has 0 spiro atoms. The Morgan fingerprint density at radius 3 is 2.25 bits per heavy atom. The van der Waals surface area contributed by atoms with E-state index in [1.54, 1.807) is 23.1 Å². The second-order valence-electron chi connectivity index (χ2n) is 11.6. The highest BCUT2D eigenvalue weighted by Gasteiger charge is 2.33. The molecule has 0 radical (unpaired) electrons. The minimum Gasteiger partial charge on any atom is -0.352 e. The van der Waals surface area contributed by atoms with Crippen LogP contribution in [-0.4, -0.2) is 50.0 Å². The van der Waals surface area contributed by atoms with Crippen molar-refractivity contribution in [3.63, 3.8) is 0 Å². The van der Waals surface area contributed by atoms with Gasteiger partial charge in [0.2, 0.25) is 21.8 Å². The highest BCUT2D eigenvalue weighted by atomic mass is 35.5. The molecule has 3 aromatic carbocycles. The molecular formula is C34H41Cl2N3O4S. The molecule has 0 bridgehead atoms. The monoisotopic (exact) mass is 657 g/mol. The molecule has 7 nitrogen and oxygen atoms in total. The number of halogens is 2. The number of rotatable bonds is 13. The first-order valence-corrected chi connectivity index (χ1v) is 17.7. The van der Waals surface area contributed by atoms with E-state index in [1.807, 2.05) is 62.4 Å². The van der Waals surface area contributed by atoms with E-state index in [0.717, 1.165) is 42.4 Å². The van der Waals surface area contributed by atoms with Crippen LogP contribution >= 0.6 is 23.2 Å². The van der Waals surface area contributed by atoms with Crippen molar-refractivity contribution >= 4 is 50.7 Å². The molecule has 0 heterocycles. The Kier molecular flexibility index (Phi) is 11.7. The topological polar surface area (TPSA) is 86.8 Å². The summed E-state index contributed by atoms with van der Waals surface area (Å²) in [5.41, 5.74) is 3.84. The summed E-state index contributed by atoms with van der Waals surface area (Å²) < 4.78 is 27.0. The fraction of sp³-hybridized carbons (Fsp3) is 0.412. The molecule has 4 rings (SSSR count). The molecule has 0 aromatic heterocycles. The highest BCUT2D eigenvalue weighted by molar-refractivity contribution is 7.92. The van der Waals surface area contributed by atoms with Gasteiger partial charge in [-0.3, -0.25) is 13.9 Å². The number of amides is 2. The average Bonchev–Trinajstić information content (AvgIpc) is 3.48. The van der Waals surface area contributed by atoms with Crippen molar-refractivity contribution in [1.29, 1.82) is 0 Å². The molecule has 1 fully saturated rings. The molecule has 1 aliphatic carbocycles. The normalized spacial score (nSPS) is 14.3. The van der Waals surface area contributed by atoms with Crippen molar-refractivity contribution in [3.8, 4) is 0 Å². The van der Waals surface area contributed by atoms with Gasteiger partial charge in [-0.25, -0.2) is 8.42 Å². The average molecular weight is 659 g/mol. The van der Waals surface area contributed by atoms with E-state index in [2.05, 4.69) is 5.32 Å². The predicted octanol–water partition coefficient (Wildman–Crippen LogP) is 6.86. The van der Waals surface area contributed by atoms with Crippen molar-refractivity contribution in [1.82, 2.24) is 10.2 Å². The number of carbonyl (C=O) groups is 2. The quantitative estimate of drug-likeness (QED) is 0.218. The highest BCUT2D eigenvalue weighted by Crippen LogP contribution is 2.29. The number of nitrogens with zero attached hydrogens (tertiary/aromatic N) is 2. The van der Waals surface area contributed by atoms with Crippen LogP contribution in [0.25, 0.3) is 0 Å². The van der Waals surface area contributed by atoms with Crippen LogP contribution in [0.3, 0.4) is 0 Å². The zero-order chi connectivity index (χ0) is 31.9. The lowest BCUT2D eigenvalue weighted by Crippen LogP contribution is -2.52. The second kappa shape index (κ2) is 15.3. The van der Waals surface area contributed by atoms with Crippen LogP contribution in [0.5, 0.6) is 0 Å².